The average molecular weight is 395 g/mol. The molecule has 0 aliphatic carbocycles. The molecule has 0 spiro atoms. The number of unbranched alkanes of at least 4 members (excludes halogenated alkanes) is 4. The number of anilines is 1. The van der Waals surface area contributed by atoms with Gasteiger partial charge >= 0.3 is 0 Å². The quantitative estimate of drug-likeness (QED) is 0.623. The smallest absolute Gasteiger partial charge is 0.224 e. The van der Waals surface area contributed by atoms with Gasteiger partial charge in [0.1, 0.15) is 0 Å². The molecule has 1 amide bonds. The minimum atomic E-state index is 0.0395. The summed E-state index contributed by atoms with van der Waals surface area (Å²) in [7, 11) is 0. The largest absolute Gasteiger partial charge is 0.356 e. The Morgan fingerprint density at radius 3 is 2.76 bits per heavy atom. The maximum Gasteiger partial charge on any atom is 0.224 e. The molecule has 156 valence electrons. The number of rotatable bonds is 9. The van der Waals surface area contributed by atoms with Crippen molar-refractivity contribution < 1.29 is 4.79 Å². The standard InChI is InChI=1S/C24H34N4O/c1-3-4-5-6-7-15-25-24(29)21-12-9-16-28(18-21)23-14-13-22(26-27-23)20-11-8-10-19(2)17-20/h8,10-11,13-14,17,21H,3-7,9,12,15-16,18H2,1-2H3,(H,25,29). The number of piperidine rings is 1. The molecule has 2 heterocycles. The number of hydrogen-bond acceptors (Lipinski definition) is 4. The van der Waals surface area contributed by atoms with Crippen LogP contribution in [0.5, 0.6) is 0 Å². The van der Waals surface area contributed by atoms with E-state index in [-0.39, 0.29) is 11.8 Å². The molecule has 1 saturated heterocycles. The Kier molecular flexibility index (Phi) is 8.03. The van der Waals surface area contributed by atoms with E-state index in [9.17, 15) is 4.79 Å². The molecule has 1 atom stereocenters. The van der Waals surface area contributed by atoms with E-state index in [1.165, 1.54) is 31.2 Å². The molecule has 3 rings (SSSR count). The van der Waals surface area contributed by atoms with Gasteiger partial charge in [-0.15, -0.1) is 10.2 Å². The van der Waals surface area contributed by atoms with Crippen molar-refractivity contribution in [2.45, 2.75) is 58.8 Å². The summed E-state index contributed by atoms with van der Waals surface area (Å²) in [6, 6.07) is 12.3. The van der Waals surface area contributed by atoms with Crippen molar-refractivity contribution in [3.05, 3.63) is 42.0 Å². The third-order valence-corrected chi connectivity index (χ3v) is 5.66. The molecule has 2 aromatic rings. The van der Waals surface area contributed by atoms with Crippen LogP contribution in [0.4, 0.5) is 5.82 Å². The summed E-state index contributed by atoms with van der Waals surface area (Å²) in [6.45, 7) is 6.75. The first kappa shape index (κ1) is 21.3. The maximum absolute atomic E-state index is 12.6. The van der Waals surface area contributed by atoms with E-state index in [0.717, 1.165) is 56.0 Å². The number of amides is 1. The number of aryl methyl sites for hydroxylation is 1. The summed E-state index contributed by atoms with van der Waals surface area (Å²) >= 11 is 0. The van der Waals surface area contributed by atoms with Crippen LogP contribution in [0, 0.1) is 12.8 Å². The Balaban J connectivity index is 1.51. The number of nitrogens with zero attached hydrogens (tertiary/aromatic N) is 3. The maximum atomic E-state index is 12.6. The summed E-state index contributed by atoms with van der Waals surface area (Å²) in [5.41, 5.74) is 3.18. The molecule has 29 heavy (non-hydrogen) atoms. The van der Waals surface area contributed by atoms with E-state index in [1.807, 2.05) is 18.2 Å². The second-order valence-corrected chi connectivity index (χ2v) is 8.14. The van der Waals surface area contributed by atoms with Crippen LogP contribution in [0.3, 0.4) is 0 Å². The predicted molar refractivity (Wildman–Crippen MR) is 119 cm³/mol. The lowest BCUT2D eigenvalue weighted by molar-refractivity contribution is -0.125. The summed E-state index contributed by atoms with van der Waals surface area (Å²) in [6.07, 6.45) is 8.04. The minimum absolute atomic E-state index is 0.0395. The summed E-state index contributed by atoms with van der Waals surface area (Å²) in [5, 5.41) is 12.0. The Morgan fingerprint density at radius 2 is 2.00 bits per heavy atom. The molecule has 1 unspecified atom stereocenters. The molecule has 5 nitrogen and oxygen atoms in total. The number of carbonyl (C=O) groups is 1. The van der Waals surface area contributed by atoms with E-state index in [1.54, 1.807) is 0 Å². The Bertz CT molecular complexity index is 775. The zero-order valence-electron chi connectivity index (χ0n) is 17.9. The van der Waals surface area contributed by atoms with Crippen LogP contribution in [0.1, 0.15) is 57.4 Å². The van der Waals surface area contributed by atoms with Crippen LogP contribution >= 0.6 is 0 Å². The molecular formula is C24H34N4O. The Labute approximate surface area is 174 Å². The van der Waals surface area contributed by atoms with Gasteiger partial charge in [0.25, 0.3) is 0 Å². The van der Waals surface area contributed by atoms with Crippen molar-refractivity contribution in [2.24, 2.45) is 5.92 Å². The van der Waals surface area contributed by atoms with Crippen molar-refractivity contribution >= 4 is 11.7 Å². The van der Waals surface area contributed by atoms with Crippen LogP contribution in [0.25, 0.3) is 11.3 Å². The topological polar surface area (TPSA) is 58.1 Å². The normalized spacial score (nSPS) is 16.6. The van der Waals surface area contributed by atoms with Gasteiger partial charge in [-0.05, 0) is 44.4 Å². The van der Waals surface area contributed by atoms with Crippen molar-refractivity contribution in [1.82, 2.24) is 15.5 Å². The fourth-order valence-corrected chi connectivity index (χ4v) is 3.94. The highest BCUT2D eigenvalue weighted by molar-refractivity contribution is 5.79. The highest BCUT2D eigenvalue weighted by atomic mass is 16.1. The molecule has 1 fully saturated rings. The van der Waals surface area contributed by atoms with Crippen LogP contribution in [-0.2, 0) is 4.79 Å². The molecule has 1 aliphatic heterocycles. The molecule has 0 radical (unpaired) electrons. The zero-order chi connectivity index (χ0) is 20.5. The number of aromatic nitrogens is 2. The zero-order valence-corrected chi connectivity index (χ0v) is 17.9. The van der Waals surface area contributed by atoms with Gasteiger partial charge in [-0.25, -0.2) is 0 Å². The second kappa shape index (κ2) is 10.9. The van der Waals surface area contributed by atoms with Crippen LogP contribution in [-0.4, -0.2) is 35.7 Å². The lowest BCUT2D eigenvalue weighted by Crippen LogP contribution is -2.43. The summed E-state index contributed by atoms with van der Waals surface area (Å²) < 4.78 is 0. The SMILES string of the molecule is CCCCCCCNC(=O)C1CCCN(c2ccc(-c3cccc(C)c3)nn2)C1. The van der Waals surface area contributed by atoms with Crippen molar-refractivity contribution in [3.8, 4) is 11.3 Å². The third-order valence-electron chi connectivity index (χ3n) is 5.66. The number of hydrogen-bond donors (Lipinski definition) is 1. The molecule has 1 N–H and O–H groups in total. The van der Waals surface area contributed by atoms with E-state index >= 15 is 0 Å². The van der Waals surface area contributed by atoms with Gasteiger partial charge in [0, 0.05) is 25.2 Å². The Hall–Kier alpha value is -2.43. The van der Waals surface area contributed by atoms with Gasteiger partial charge < -0.3 is 10.2 Å². The fourth-order valence-electron chi connectivity index (χ4n) is 3.94. The van der Waals surface area contributed by atoms with E-state index < -0.39 is 0 Å². The lowest BCUT2D eigenvalue weighted by Gasteiger charge is -2.32. The summed E-state index contributed by atoms with van der Waals surface area (Å²) in [5.74, 6) is 1.09. The van der Waals surface area contributed by atoms with Gasteiger partial charge in [-0.1, -0.05) is 56.4 Å². The van der Waals surface area contributed by atoms with Gasteiger partial charge in [0.15, 0.2) is 5.82 Å². The van der Waals surface area contributed by atoms with Crippen LogP contribution in [0.15, 0.2) is 36.4 Å². The molecule has 1 aliphatic rings. The number of nitrogens with one attached hydrogen (secondary N) is 1. The van der Waals surface area contributed by atoms with E-state index in [2.05, 4.69) is 52.5 Å². The lowest BCUT2D eigenvalue weighted by atomic mass is 9.97. The van der Waals surface area contributed by atoms with Crippen LogP contribution < -0.4 is 10.2 Å². The molecule has 0 bridgehead atoms. The van der Waals surface area contributed by atoms with Gasteiger partial charge in [-0.2, -0.15) is 0 Å². The Morgan fingerprint density at radius 1 is 1.14 bits per heavy atom. The van der Waals surface area contributed by atoms with Gasteiger partial charge in [-0.3, -0.25) is 4.79 Å². The average Bonchev–Trinajstić information content (AvgIpc) is 2.76. The van der Waals surface area contributed by atoms with E-state index in [0.29, 0.717) is 0 Å². The molecule has 1 aromatic heterocycles. The summed E-state index contributed by atoms with van der Waals surface area (Å²) in [4.78, 5) is 14.8. The first-order valence-corrected chi connectivity index (χ1v) is 11.1. The first-order chi connectivity index (χ1) is 14.2. The molecular weight excluding hydrogens is 360 g/mol. The number of carbonyl (C=O) groups excluding carboxylic acids is 1. The first-order valence-electron chi connectivity index (χ1n) is 11.1. The van der Waals surface area contributed by atoms with Gasteiger partial charge in [0.2, 0.25) is 5.91 Å². The highest BCUT2D eigenvalue weighted by Gasteiger charge is 2.26. The molecule has 5 heteroatoms. The monoisotopic (exact) mass is 394 g/mol. The minimum Gasteiger partial charge on any atom is -0.356 e. The van der Waals surface area contributed by atoms with Crippen molar-refractivity contribution in [2.75, 3.05) is 24.5 Å². The van der Waals surface area contributed by atoms with Crippen LogP contribution in [0.2, 0.25) is 0 Å². The highest BCUT2D eigenvalue weighted by Crippen LogP contribution is 2.24. The molecule has 0 saturated carbocycles. The number of benzene rings is 1. The second-order valence-electron chi connectivity index (χ2n) is 8.14. The predicted octanol–water partition coefficient (Wildman–Crippen LogP) is 4.76. The van der Waals surface area contributed by atoms with Gasteiger partial charge in [0.05, 0.1) is 11.6 Å². The third kappa shape index (κ3) is 6.28. The van der Waals surface area contributed by atoms with Crippen molar-refractivity contribution in [1.29, 1.82) is 0 Å². The fraction of sp³-hybridized carbons (Fsp3) is 0.542. The van der Waals surface area contributed by atoms with E-state index in [4.69, 9.17) is 0 Å². The molecule has 1 aromatic carbocycles. The van der Waals surface area contributed by atoms with Crippen molar-refractivity contribution in [3.63, 3.8) is 0 Å².